The van der Waals surface area contributed by atoms with E-state index in [2.05, 4.69) is 5.32 Å². The fourth-order valence-corrected chi connectivity index (χ4v) is 4.65. The summed E-state index contributed by atoms with van der Waals surface area (Å²) in [6, 6.07) is 8.96. The van der Waals surface area contributed by atoms with Crippen LogP contribution in [-0.2, 0) is 9.59 Å². The molecule has 0 radical (unpaired) electrons. The monoisotopic (exact) mass is 428 g/mol. The van der Waals surface area contributed by atoms with Crippen molar-refractivity contribution in [3.63, 3.8) is 0 Å². The lowest BCUT2D eigenvalue weighted by Crippen LogP contribution is -2.52. The highest BCUT2D eigenvalue weighted by Gasteiger charge is 2.34. The van der Waals surface area contributed by atoms with Crippen LogP contribution >= 0.6 is 11.3 Å². The van der Waals surface area contributed by atoms with Crippen molar-refractivity contribution in [2.24, 2.45) is 5.73 Å². The van der Waals surface area contributed by atoms with Gasteiger partial charge in [0.05, 0.1) is 24.3 Å². The second-order valence-electron chi connectivity index (χ2n) is 7.42. The summed E-state index contributed by atoms with van der Waals surface area (Å²) in [7, 11) is 0. The molecular formula is C21H24N4O4S. The summed E-state index contributed by atoms with van der Waals surface area (Å²) in [4.78, 5) is 40.9. The molecule has 1 aromatic carbocycles. The van der Waals surface area contributed by atoms with Gasteiger partial charge in [0.15, 0.2) is 6.10 Å². The number of nitrogens with one attached hydrogen (secondary N) is 1. The Morgan fingerprint density at radius 2 is 1.90 bits per heavy atom. The van der Waals surface area contributed by atoms with Crippen LogP contribution < -0.4 is 20.7 Å². The van der Waals surface area contributed by atoms with E-state index in [-0.39, 0.29) is 30.5 Å². The van der Waals surface area contributed by atoms with Gasteiger partial charge >= 0.3 is 0 Å². The van der Waals surface area contributed by atoms with Gasteiger partial charge in [0.2, 0.25) is 5.91 Å². The molecule has 0 aliphatic carbocycles. The Hall–Kier alpha value is -3.07. The smallest absolute Gasteiger partial charge is 0.265 e. The summed E-state index contributed by atoms with van der Waals surface area (Å²) in [5.41, 5.74) is 6.40. The third-order valence-electron chi connectivity index (χ3n) is 5.32. The molecule has 2 aliphatic rings. The van der Waals surface area contributed by atoms with Crippen LogP contribution in [0.4, 0.5) is 10.7 Å². The first-order valence-corrected chi connectivity index (χ1v) is 10.9. The van der Waals surface area contributed by atoms with Crippen molar-refractivity contribution < 1.29 is 19.1 Å². The molecule has 3 heterocycles. The van der Waals surface area contributed by atoms with Crippen molar-refractivity contribution in [1.82, 2.24) is 4.90 Å². The molecule has 30 heavy (non-hydrogen) atoms. The normalized spacial score (nSPS) is 18.3. The molecule has 8 nitrogen and oxygen atoms in total. The van der Waals surface area contributed by atoms with Crippen molar-refractivity contribution >= 4 is 39.7 Å². The number of primary amides is 1. The first-order valence-electron chi connectivity index (χ1n) is 9.99. The van der Waals surface area contributed by atoms with Crippen molar-refractivity contribution in [2.75, 3.05) is 36.4 Å². The predicted octanol–water partition coefficient (Wildman–Crippen LogP) is 2.07. The zero-order valence-electron chi connectivity index (χ0n) is 16.5. The summed E-state index contributed by atoms with van der Waals surface area (Å²) in [5, 5.41) is 4.89. The highest BCUT2D eigenvalue weighted by Crippen LogP contribution is 2.33. The Morgan fingerprint density at radius 3 is 2.67 bits per heavy atom. The summed E-state index contributed by atoms with van der Waals surface area (Å²) in [6.07, 6.45) is 2.49. The van der Waals surface area contributed by atoms with E-state index in [0.29, 0.717) is 10.8 Å². The maximum atomic E-state index is 13.0. The number of nitrogens with zero attached hydrogens (tertiary/aromatic N) is 2. The third kappa shape index (κ3) is 4.25. The Kier molecular flexibility index (Phi) is 5.89. The minimum atomic E-state index is -0.659. The number of carbonyl (C=O) groups excluding carboxylic acids is 3. The lowest BCUT2D eigenvalue weighted by atomic mass is 10.1. The number of hydrogen-bond donors (Lipinski definition) is 2. The first kappa shape index (κ1) is 20.2. The SMILES string of the molecule is NC(=O)c1ccsc1NC(=O)CN1C[C@@H](C(=O)N2CCCCC2)Oc2ccccc21. The average Bonchev–Trinajstić information content (AvgIpc) is 3.22. The molecule has 0 saturated carbocycles. The van der Waals surface area contributed by atoms with Gasteiger partial charge in [-0.1, -0.05) is 12.1 Å². The lowest BCUT2D eigenvalue weighted by Gasteiger charge is -2.38. The first-order chi connectivity index (χ1) is 14.5. The van der Waals surface area contributed by atoms with Crippen LogP contribution in [0.1, 0.15) is 29.6 Å². The van der Waals surface area contributed by atoms with Gasteiger partial charge in [0.1, 0.15) is 10.8 Å². The second kappa shape index (κ2) is 8.74. The van der Waals surface area contributed by atoms with Gasteiger partial charge in [-0.2, -0.15) is 0 Å². The topological polar surface area (TPSA) is 105 Å². The molecule has 0 unspecified atom stereocenters. The summed E-state index contributed by atoms with van der Waals surface area (Å²) in [6.45, 7) is 1.80. The number of carbonyl (C=O) groups is 3. The van der Waals surface area contributed by atoms with Crippen LogP contribution in [0.5, 0.6) is 5.75 Å². The fourth-order valence-electron chi connectivity index (χ4n) is 3.84. The number of piperidine rings is 1. The van der Waals surface area contributed by atoms with E-state index >= 15 is 0 Å². The van der Waals surface area contributed by atoms with Gasteiger partial charge in [0.25, 0.3) is 11.8 Å². The van der Waals surface area contributed by atoms with Gasteiger partial charge < -0.3 is 25.6 Å². The van der Waals surface area contributed by atoms with Crippen LogP contribution in [0.3, 0.4) is 0 Å². The van der Waals surface area contributed by atoms with E-state index in [1.54, 1.807) is 17.5 Å². The summed E-state index contributed by atoms with van der Waals surface area (Å²) < 4.78 is 5.99. The lowest BCUT2D eigenvalue weighted by molar-refractivity contribution is -0.139. The molecule has 0 bridgehead atoms. The number of ether oxygens (including phenoxy) is 1. The molecule has 2 aliphatic heterocycles. The van der Waals surface area contributed by atoms with Gasteiger partial charge in [-0.15, -0.1) is 11.3 Å². The zero-order valence-corrected chi connectivity index (χ0v) is 17.3. The van der Waals surface area contributed by atoms with Crippen LogP contribution in [0.15, 0.2) is 35.7 Å². The van der Waals surface area contributed by atoms with Crippen molar-refractivity contribution in [1.29, 1.82) is 0 Å². The highest BCUT2D eigenvalue weighted by molar-refractivity contribution is 7.14. The van der Waals surface area contributed by atoms with Gasteiger partial charge in [-0.05, 0) is 42.8 Å². The van der Waals surface area contributed by atoms with E-state index in [1.165, 1.54) is 11.3 Å². The number of para-hydroxylation sites is 2. The maximum Gasteiger partial charge on any atom is 0.265 e. The minimum Gasteiger partial charge on any atom is -0.477 e. The molecule has 3 amide bonds. The molecule has 1 fully saturated rings. The van der Waals surface area contributed by atoms with Crippen LogP contribution in [0, 0.1) is 0 Å². The Morgan fingerprint density at radius 1 is 1.13 bits per heavy atom. The second-order valence-corrected chi connectivity index (χ2v) is 8.33. The third-order valence-corrected chi connectivity index (χ3v) is 6.15. The number of nitrogens with two attached hydrogens (primary N) is 1. The Bertz CT molecular complexity index is 954. The molecule has 158 valence electrons. The zero-order chi connectivity index (χ0) is 21.1. The standard InChI is InChI=1S/C21H24N4O4S/c22-19(27)14-8-11-30-20(14)23-18(26)13-25-12-17(21(28)24-9-4-1-5-10-24)29-16-7-3-2-6-15(16)25/h2-3,6-8,11,17H,1,4-5,9-10,12-13H2,(H2,22,27)(H,23,26)/t17-/m0/s1. The highest BCUT2D eigenvalue weighted by atomic mass is 32.1. The molecule has 0 spiro atoms. The molecule has 1 saturated heterocycles. The number of amides is 3. The average molecular weight is 429 g/mol. The van der Waals surface area contributed by atoms with E-state index in [1.807, 2.05) is 28.0 Å². The summed E-state index contributed by atoms with van der Waals surface area (Å²) >= 11 is 1.24. The number of fused-ring (bicyclic) bond motifs is 1. The molecule has 2 aromatic rings. The molecular weight excluding hydrogens is 404 g/mol. The Balaban J connectivity index is 1.49. The fraction of sp³-hybridized carbons (Fsp3) is 0.381. The van der Waals surface area contributed by atoms with E-state index in [4.69, 9.17) is 10.5 Å². The number of benzene rings is 1. The molecule has 1 aromatic heterocycles. The van der Waals surface area contributed by atoms with E-state index < -0.39 is 12.0 Å². The number of likely N-dealkylation sites (tertiary alicyclic amines) is 1. The summed E-state index contributed by atoms with van der Waals surface area (Å²) in [5.74, 6) is -0.332. The Labute approximate surface area is 178 Å². The van der Waals surface area contributed by atoms with Crippen molar-refractivity contribution in [3.8, 4) is 5.75 Å². The van der Waals surface area contributed by atoms with E-state index in [0.717, 1.165) is 38.0 Å². The van der Waals surface area contributed by atoms with Crippen LogP contribution in [0.2, 0.25) is 0 Å². The van der Waals surface area contributed by atoms with Crippen LogP contribution in [0.25, 0.3) is 0 Å². The minimum absolute atomic E-state index is 0.0280. The van der Waals surface area contributed by atoms with Gasteiger partial charge in [-0.3, -0.25) is 14.4 Å². The number of thiophene rings is 1. The largest absolute Gasteiger partial charge is 0.477 e. The molecule has 1 atom stereocenters. The van der Waals surface area contributed by atoms with Crippen LogP contribution in [-0.4, -0.2) is 54.9 Å². The number of anilines is 2. The van der Waals surface area contributed by atoms with Crippen molar-refractivity contribution in [2.45, 2.75) is 25.4 Å². The quantitative estimate of drug-likeness (QED) is 0.759. The van der Waals surface area contributed by atoms with Crippen molar-refractivity contribution in [3.05, 3.63) is 41.3 Å². The maximum absolute atomic E-state index is 13.0. The number of hydrogen-bond acceptors (Lipinski definition) is 6. The van der Waals surface area contributed by atoms with E-state index in [9.17, 15) is 14.4 Å². The molecule has 9 heteroatoms. The molecule has 3 N–H and O–H groups in total. The number of rotatable bonds is 5. The molecule has 4 rings (SSSR count). The van der Waals surface area contributed by atoms with Gasteiger partial charge in [-0.25, -0.2) is 0 Å². The van der Waals surface area contributed by atoms with Gasteiger partial charge in [0, 0.05) is 13.1 Å². The predicted molar refractivity (Wildman–Crippen MR) is 115 cm³/mol.